The van der Waals surface area contributed by atoms with E-state index in [1.807, 2.05) is 46.9 Å². The Labute approximate surface area is 104 Å². The van der Waals surface area contributed by atoms with Crippen LogP contribution in [0.25, 0.3) is 16.9 Å². The van der Waals surface area contributed by atoms with Crippen LogP contribution in [0.2, 0.25) is 5.15 Å². The number of aryl methyl sites for hydroxylation is 1. The summed E-state index contributed by atoms with van der Waals surface area (Å²) >= 11 is 6.15. The maximum Gasteiger partial charge on any atom is 0.155 e. The Bertz CT molecular complexity index is 671. The van der Waals surface area contributed by atoms with Crippen molar-refractivity contribution in [3.8, 4) is 11.4 Å². The number of aromatic nitrogens is 2. The van der Waals surface area contributed by atoms with E-state index < -0.39 is 0 Å². The molecule has 1 aromatic carbocycles. The van der Waals surface area contributed by atoms with Crippen LogP contribution in [0.5, 0.6) is 0 Å². The molecule has 2 heterocycles. The molecule has 0 amide bonds. The summed E-state index contributed by atoms with van der Waals surface area (Å²) in [4.78, 5) is 4.43. The maximum absolute atomic E-state index is 6.15. The Kier molecular flexibility index (Phi) is 2.37. The van der Waals surface area contributed by atoms with Gasteiger partial charge in [-0.1, -0.05) is 48.0 Å². The van der Waals surface area contributed by atoms with Gasteiger partial charge >= 0.3 is 0 Å². The lowest BCUT2D eigenvalue weighted by Crippen LogP contribution is -1.89. The second-order valence-corrected chi connectivity index (χ2v) is 4.41. The zero-order valence-electron chi connectivity index (χ0n) is 9.39. The van der Waals surface area contributed by atoms with E-state index in [4.69, 9.17) is 11.6 Å². The molecule has 0 N–H and O–H groups in total. The Morgan fingerprint density at radius 2 is 1.82 bits per heavy atom. The Hall–Kier alpha value is -1.80. The molecule has 2 aromatic heterocycles. The highest BCUT2D eigenvalue weighted by Crippen LogP contribution is 2.25. The van der Waals surface area contributed by atoms with Crippen molar-refractivity contribution in [1.29, 1.82) is 0 Å². The fourth-order valence-electron chi connectivity index (χ4n) is 1.95. The van der Waals surface area contributed by atoms with Crippen LogP contribution in [0.15, 0.2) is 48.7 Å². The van der Waals surface area contributed by atoms with Crippen LogP contribution in [0, 0.1) is 6.92 Å². The zero-order chi connectivity index (χ0) is 11.8. The van der Waals surface area contributed by atoms with E-state index in [1.54, 1.807) is 0 Å². The summed E-state index contributed by atoms with van der Waals surface area (Å²) in [6, 6.07) is 14.1. The third-order valence-electron chi connectivity index (χ3n) is 2.77. The summed E-state index contributed by atoms with van der Waals surface area (Å²) in [5, 5.41) is 0.545. The lowest BCUT2D eigenvalue weighted by Gasteiger charge is -2.01. The molecular formula is C14H11ClN2. The van der Waals surface area contributed by atoms with Crippen molar-refractivity contribution in [2.75, 3.05) is 0 Å². The maximum atomic E-state index is 6.15. The van der Waals surface area contributed by atoms with Gasteiger partial charge in [0.15, 0.2) is 5.15 Å². The van der Waals surface area contributed by atoms with E-state index >= 15 is 0 Å². The highest BCUT2D eigenvalue weighted by atomic mass is 35.5. The molecule has 0 fully saturated rings. The van der Waals surface area contributed by atoms with Crippen molar-refractivity contribution in [3.05, 3.63) is 59.4 Å². The molecule has 0 spiro atoms. The largest absolute Gasteiger partial charge is 0.298 e. The molecule has 84 valence electrons. The van der Waals surface area contributed by atoms with Crippen LogP contribution in [-0.2, 0) is 0 Å². The van der Waals surface area contributed by atoms with Crippen LogP contribution < -0.4 is 0 Å². The summed E-state index contributed by atoms with van der Waals surface area (Å²) in [5.74, 6) is 0.884. The first-order valence-corrected chi connectivity index (χ1v) is 5.83. The number of imidazole rings is 1. The van der Waals surface area contributed by atoms with E-state index in [9.17, 15) is 0 Å². The Balaban J connectivity index is 2.34. The van der Waals surface area contributed by atoms with Gasteiger partial charge in [0, 0.05) is 11.8 Å². The minimum absolute atomic E-state index is 0.545. The number of fused-ring (bicyclic) bond motifs is 1. The second kappa shape index (κ2) is 3.90. The normalized spacial score (nSPS) is 10.9. The average Bonchev–Trinajstić information content (AvgIpc) is 2.67. The number of pyridine rings is 1. The predicted molar refractivity (Wildman–Crippen MR) is 70.4 cm³/mol. The molecule has 0 aliphatic carbocycles. The molecule has 0 unspecified atom stereocenters. The van der Waals surface area contributed by atoms with E-state index in [0.717, 1.165) is 16.9 Å². The molecule has 3 aromatic rings. The molecule has 3 heteroatoms. The Morgan fingerprint density at radius 1 is 1.06 bits per heavy atom. The molecule has 0 aliphatic heterocycles. The topological polar surface area (TPSA) is 17.3 Å². The van der Waals surface area contributed by atoms with Crippen molar-refractivity contribution < 1.29 is 0 Å². The standard InChI is InChI=1S/C14H11ClN2/c1-10-7-8-12-13(15)16-14(17(12)9-10)11-5-3-2-4-6-11/h2-9H,1H3. The average molecular weight is 243 g/mol. The first-order chi connectivity index (χ1) is 8.25. The summed E-state index contributed by atoms with van der Waals surface area (Å²) in [5.41, 5.74) is 3.19. The third kappa shape index (κ3) is 1.71. The number of halogens is 1. The van der Waals surface area contributed by atoms with Crippen LogP contribution in [-0.4, -0.2) is 9.38 Å². The van der Waals surface area contributed by atoms with Crippen molar-refractivity contribution >= 4 is 17.1 Å². The van der Waals surface area contributed by atoms with Gasteiger partial charge in [0.05, 0.1) is 5.52 Å². The number of nitrogens with zero attached hydrogens (tertiary/aromatic N) is 2. The van der Waals surface area contributed by atoms with Gasteiger partial charge in [0.1, 0.15) is 5.82 Å². The molecule has 3 rings (SSSR count). The lowest BCUT2D eigenvalue weighted by atomic mass is 10.2. The summed E-state index contributed by atoms with van der Waals surface area (Å²) in [6.45, 7) is 2.06. The van der Waals surface area contributed by atoms with E-state index in [0.29, 0.717) is 5.15 Å². The highest BCUT2D eigenvalue weighted by Gasteiger charge is 2.10. The SMILES string of the molecule is Cc1ccc2c(Cl)nc(-c3ccccc3)n2c1. The summed E-state index contributed by atoms with van der Waals surface area (Å²) < 4.78 is 2.03. The van der Waals surface area contributed by atoms with E-state index in [-0.39, 0.29) is 0 Å². The van der Waals surface area contributed by atoms with Gasteiger partial charge in [-0.2, -0.15) is 0 Å². The zero-order valence-corrected chi connectivity index (χ0v) is 10.1. The number of benzene rings is 1. The molecular weight excluding hydrogens is 232 g/mol. The fourth-order valence-corrected chi connectivity index (χ4v) is 2.18. The number of hydrogen-bond acceptors (Lipinski definition) is 1. The quantitative estimate of drug-likeness (QED) is 0.631. The third-order valence-corrected chi connectivity index (χ3v) is 3.05. The van der Waals surface area contributed by atoms with Gasteiger partial charge in [-0.15, -0.1) is 0 Å². The van der Waals surface area contributed by atoms with Crippen LogP contribution in [0.4, 0.5) is 0 Å². The lowest BCUT2D eigenvalue weighted by molar-refractivity contribution is 1.14. The van der Waals surface area contributed by atoms with Gasteiger partial charge in [-0.05, 0) is 18.6 Å². The van der Waals surface area contributed by atoms with Gasteiger partial charge in [0.2, 0.25) is 0 Å². The molecule has 0 bridgehead atoms. The van der Waals surface area contributed by atoms with Gasteiger partial charge in [0.25, 0.3) is 0 Å². The molecule has 0 saturated heterocycles. The second-order valence-electron chi connectivity index (χ2n) is 4.05. The first kappa shape index (κ1) is 10.4. The van der Waals surface area contributed by atoms with Crippen molar-refractivity contribution in [1.82, 2.24) is 9.38 Å². The summed E-state index contributed by atoms with van der Waals surface area (Å²) in [7, 11) is 0. The monoisotopic (exact) mass is 242 g/mol. The van der Waals surface area contributed by atoms with Gasteiger partial charge < -0.3 is 0 Å². The fraction of sp³-hybridized carbons (Fsp3) is 0.0714. The van der Waals surface area contributed by atoms with Crippen molar-refractivity contribution in [2.24, 2.45) is 0 Å². The van der Waals surface area contributed by atoms with Crippen LogP contribution in [0.1, 0.15) is 5.56 Å². The minimum atomic E-state index is 0.545. The molecule has 0 saturated carbocycles. The van der Waals surface area contributed by atoms with Crippen LogP contribution >= 0.6 is 11.6 Å². The molecule has 17 heavy (non-hydrogen) atoms. The smallest absolute Gasteiger partial charge is 0.155 e. The van der Waals surface area contributed by atoms with E-state index in [2.05, 4.69) is 18.1 Å². The minimum Gasteiger partial charge on any atom is -0.298 e. The summed E-state index contributed by atoms with van der Waals surface area (Å²) in [6.07, 6.45) is 2.05. The predicted octanol–water partition coefficient (Wildman–Crippen LogP) is 3.96. The van der Waals surface area contributed by atoms with Crippen LogP contribution in [0.3, 0.4) is 0 Å². The van der Waals surface area contributed by atoms with Crippen molar-refractivity contribution in [2.45, 2.75) is 6.92 Å². The molecule has 2 nitrogen and oxygen atoms in total. The highest BCUT2D eigenvalue weighted by molar-refractivity contribution is 6.32. The number of rotatable bonds is 1. The number of hydrogen-bond donors (Lipinski definition) is 0. The van der Waals surface area contributed by atoms with Crippen molar-refractivity contribution in [3.63, 3.8) is 0 Å². The molecule has 0 aliphatic rings. The molecule has 0 atom stereocenters. The molecule has 0 radical (unpaired) electrons. The van der Waals surface area contributed by atoms with Gasteiger partial charge in [-0.3, -0.25) is 4.40 Å². The van der Waals surface area contributed by atoms with Gasteiger partial charge in [-0.25, -0.2) is 4.98 Å². The van der Waals surface area contributed by atoms with E-state index in [1.165, 1.54) is 5.56 Å². The first-order valence-electron chi connectivity index (χ1n) is 5.45. The Morgan fingerprint density at radius 3 is 2.59 bits per heavy atom.